The maximum absolute atomic E-state index is 12.4. The van der Waals surface area contributed by atoms with E-state index in [2.05, 4.69) is 0 Å². The maximum Gasteiger partial charge on any atom is 0.390 e. The van der Waals surface area contributed by atoms with Crippen LogP contribution in [0.25, 0.3) is 10.8 Å². The smallest absolute Gasteiger partial charge is 0.390 e. The second kappa shape index (κ2) is 7.77. The molecule has 0 aliphatic heterocycles. The monoisotopic (exact) mass is 327 g/mol. The van der Waals surface area contributed by atoms with E-state index in [1.807, 2.05) is 42.5 Å². The molecule has 3 nitrogen and oxygen atoms in total. The molecule has 0 bridgehead atoms. The summed E-state index contributed by atoms with van der Waals surface area (Å²) in [6.07, 6.45) is -6.24. The molecular formula is C17H20F3NO2. The third kappa shape index (κ3) is 5.82. The van der Waals surface area contributed by atoms with Crippen LogP contribution in [0.5, 0.6) is 0 Å². The first-order valence-corrected chi connectivity index (χ1v) is 7.43. The largest absolute Gasteiger partial charge is 0.394 e. The highest BCUT2D eigenvalue weighted by atomic mass is 19.4. The highest BCUT2D eigenvalue weighted by Crippen LogP contribution is 2.21. The third-order valence-corrected chi connectivity index (χ3v) is 3.61. The molecular weight excluding hydrogens is 307 g/mol. The lowest BCUT2D eigenvalue weighted by atomic mass is 10.1. The summed E-state index contributed by atoms with van der Waals surface area (Å²) in [6, 6.07) is 13.5. The van der Waals surface area contributed by atoms with Crippen LogP contribution in [0.15, 0.2) is 42.5 Å². The second-order valence-corrected chi connectivity index (χ2v) is 5.62. The van der Waals surface area contributed by atoms with Crippen molar-refractivity contribution >= 4 is 10.8 Å². The van der Waals surface area contributed by atoms with Crippen molar-refractivity contribution in [3.63, 3.8) is 0 Å². The fourth-order valence-corrected chi connectivity index (χ4v) is 2.47. The molecule has 2 rings (SSSR count). The van der Waals surface area contributed by atoms with Gasteiger partial charge in [-0.15, -0.1) is 0 Å². The van der Waals surface area contributed by atoms with E-state index in [9.17, 15) is 18.3 Å². The van der Waals surface area contributed by atoms with Crippen LogP contribution in [0.1, 0.15) is 12.0 Å². The number of hydrogen-bond donors (Lipinski definition) is 2. The number of nitrogens with zero attached hydrogens (tertiary/aromatic N) is 1. The lowest BCUT2D eigenvalue weighted by Gasteiger charge is -2.25. The molecule has 0 aliphatic carbocycles. The molecule has 23 heavy (non-hydrogen) atoms. The summed E-state index contributed by atoms with van der Waals surface area (Å²) in [6.45, 7) is -0.398. The molecule has 0 fully saturated rings. The van der Waals surface area contributed by atoms with Crippen LogP contribution in [0, 0.1) is 0 Å². The molecule has 2 aromatic rings. The Kier molecular flexibility index (Phi) is 5.98. The van der Waals surface area contributed by atoms with Crippen LogP contribution in [0.3, 0.4) is 0 Å². The van der Waals surface area contributed by atoms with E-state index in [1.165, 1.54) is 4.90 Å². The quantitative estimate of drug-likeness (QED) is 0.822. The average Bonchev–Trinajstić information content (AvgIpc) is 2.51. The minimum atomic E-state index is -4.24. The topological polar surface area (TPSA) is 43.7 Å². The Morgan fingerprint density at radius 1 is 1.04 bits per heavy atom. The molecule has 0 heterocycles. The summed E-state index contributed by atoms with van der Waals surface area (Å²) >= 11 is 0. The number of rotatable bonds is 7. The van der Waals surface area contributed by atoms with Gasteiger partial charge < -0.3 is 10.2 Å². The van der Waals surface area contributed by atoms with Gasteiger partial charge in [0.05, 0.1) is 19.1 Å². The SMILES string of the molecule is OC[C@@H](O)CN(CCC(F)(F)F)Cc1ccc2ccccc2c1. The average molecular weight is 327 g/mol. The first-order valence-electron chi connectivity index (χ1n) is 7.43. The molecule has 0 saturated carbocycles. The summed E-state index contributed by atoms with van der Waals surface area (Å²) in [4.78, 5) is 1.51. The van der Waals surface area contributed by atoms with Gasteiger partial charge in [0, 0.05) is 19.6 Å². The number of fused-ring (bicyclic) bond motifs is 1. The van der Waals surface area contributed by atoms with Crippen LogP contribution < -0.4 is 0 Å². The van der Waals surface area contributed by atoms with Gasteiger partial charge in [-0.2, -0.15) is 13.2 Å². The maximum atomic E-state index is 12.4. The standard InChI is InChI=1S/C17H20F3NO2/c18-17(19,20)7-8-21(11-16(23)12-22)10-13-5-6-14-3-1-2-4-15(14)9-13/h1-6,9,16,22-23H,7-8,10-12H2/t16-/m0/s1. The van der Waals surface area contributed by atoms with Crippen LogP contribution >= 0.6 is 0 Å². The lowest BCUT2D eigenvalue weighted by molar-refractivity contribution is -0.139. The minimum absolute atomic E-state index is 0.000588. The van der Waals surface area contributed by atoms with Gasteiger partial charge in [-0.05, 0) is 22.4 Å². The second-order valence-electron chi connectivity index (χ2n) is 5.62. The lowest BCUT2D eigenvalue weighted by Crippen LogP contribution is -2.36. The van der Waals surface area contributed by atoms with E-state index in [-0.39, 0.29) is 19.6 Å². The van der Waals surface area contributed by atoms with Gasteiger partial charge in [-0.25, -0.2) is 0 Å². The fraction of sp³-hybridized carbons (Fsp3) is 0.412. The molecule has 0 radical (unpaired) electrons. The summed E-state index contributed by atoms with van der Waals surface area (Å²) in [5.74, 6) is 0. The zero-order chi connectivity index (χ0) is 16.9. The van der Waals surface area contributed by atoms with E-state index in [1.54, 1.807) is 0 Å². The van der Waals surface area contributed by atoms with Crippen LogP contribution in [-0.4, -0.2) is 47.1 Å². The number of halogens is 3. The fourth-order valence-electron chi connectivity index (χ4n) is 2.47. The number of aliphatic hydroxyl groups is 2. The van der Waals surface area contributed by atoms with Crippen LogP contribution in [0.2, 0.25) is 0 Å². The molecule has 0 saturated heterocycles. The number of benzene rings is 2. The Hall–Kier alpha value is -1.63. The third-order valence-electron chi connectivity index (χ3n) is 3.61. The predicted octanol–water partition coefficient (Wildman–Crippen LogP) is 2.95. The molecule has 0 unspecified atom stereocenters. The van der Waals surface area contributed by atoms with Crippen LogP contribution in [0.4, 0.5) is 13.2 Å². The van der Waals surface area contributed by atoms with Gasteiger partial charge in [-0.3, -0.25) is 4.90 Å². The van der Waals surface area contributed by atoms with E-state index in [0.29, 0.717) is 0 Å². The number of hydrogen-bond acceptors (Lipinski definition) is 3. The van der Waals surface area contributed by atoms with Crippen molar-refractivity contribution in [2.45, 2.75) is 25.2 Å². The van der Waals surface area contributed by atoms with Crippen molar-refractivity contribution in [2.75, 3.05) is 19.7 Å². The Balaban J connectivity index is 2.10. The summed E-state index contributed by atoms with van der Waals surface area (Å²) in [5, 5.41) is 20.5. The molecule has 0 aliphatic rings. The molecule has 2 N–H and O–H groups in total. The zero-order valence-electron chi connectivity index (χ0n) is 12.6. The van der Waals surface area contributed by atoms with Crippen molar-refractivity contribution in [3.8, 4) is 0 Å². The van der Waals surface area contributed by atoms with Crippen LogP contribution in [-0.2, 0) is 6.54 Å². The molecule has 0 spiro atoms. The van der Waals surface area contributed by atoms with Gasteiger partial charge in [0.1, 0.15) is 0 Å². The Labute approximate surface area is 133 Å². The summed E-state index contributed by atoms with van der Waals surface area (Å²) in [7, 11) is 0. The van der Waals surface area contributed by atoms with E-state index in [4.69, 9.17) is 5.11 Å². The number of aliphatic hydroxyl groups excluding tert-OH is 2. The van der Waals surface area contributed by atoms with Gasteiger partial charge in [0.2, 0.25) is 0 Å². The minimum Gasteiger partial charge on any atom is -0.394 e. The van der Waals surface area contributed by atoms with Crippen molar-refractivity contribution < 1.29 is 23.4 Å². The van der Waals surface area contributed by atoms with Crippen molar-refractivity contribution in [3.05, 3.63) is 48.0 Å². The summed E-state index contributed by atoms with van der Waals surface area (Å²) in [5.41, 5.74) is 0.871. The first kappa shape index (κ1) is 17.7. The molecule has 0 aromatic heterocycles. The zero-order valence-corrected chi connectivity index (χ0v) is 12.6. The van der Waals surface area contributed by atoms with E-state index in [0.717, 1.165) is 16.3 Å². The first-order chi connectivity index (χ1) is 10.9. The molecule has 6 heteroatoms. The van der Waals surface area contributed by atoms with Crippen molar-refractivity contribution in [2.24, 2.45) is 0 Å². The van der Waals surface area contributed by atoms with Gasteiger partial charge in [0.25, 0.3) is 0 Å². The number of alkyl halides is 3. The normalized spacial score (nSPS) is 13.7. The highest BCUT2D eigenvalue weighted by Gasteiger charge is 2.28. The van der Waals surface area contributed by atoms with E-state index < -0.39 is 25.3 Å². The molecule has 126 valence electrons. The Bertz CT molecular complexity index is 631. The molecule has 2 aromatic carbocycles. The summed E-state index contributed by atoms with van der Waals surface area (Å²) < 4.78 is 37.3. The Morgan fingerprint density at radius 3 is 2.39 bits per heavy atom. The molecule has 0 amide bonds. The molecule has 1 atom stereocenters. The van der Waals surface area contributed by atoms with Gasteiger partial charge in [0.15, 0.2) is 0 Å². The van der Waals surface area contributed by atoms with Gasteiger partial charge in [-0.1, -0.05) is 36.4 Å². The van der Waals surface area contributed by atoms with E-state index >= 15 is 0 Å². The Morgan fingerprint density at radius 2 is 1.74 bits per heavy atom. The van der Waals surface area contributed by atoms with Crippen molar-refractivity contribution in [1.82, 2.24) is 4.90 Å². The highest BCUT2D eigenvalue weighted by molar-refractivity contribution is 5.82. The van der Waals surface area contributed by atoms with Gasteiger partial charge >= 0.3 is 6.18 Å². The van der Waals surface area contributed by atoms with Crippen molar-refractivity contribution in [1.29, 1.82) is 0 Å². The predicted molar refractivity (Wildman–Crippen MR) is 83.0 cm³/mol.